The Morgan fingerprint density at radius 3 is 0.871 bits per heavy atom. The number of unbranched alkanes of at least 4 members (excludes halogenated alkanes) is 1. The Bertz CT molecular complexity index is 2350. The molecule has 366 valence electrons. The fraction of sp³-hybridized carbons (Fsp3) is 0.259. The van der Waals surface area contributed by atoms with Gasteiger partial charge in [0.1, 0.15) is 23.0 Å². The van der Waals surface area contributed by atoms with Crippen LogP contribution in [0.3, 0.4) is 0 Å². The molecule has 0 saturated carbocycles. The SMILES string of the molecule is CC(=O)Oc1ccc(C=CC(=O)NCCCN(CCCCN(CCCNC(=O)C=Cc2ccc(OC(C)=O)cc2)C(=O)C=Cc2ccc(OC(C)=O)cc2)C(=O)C=Cc2ccc(OC(C)=O)cc2)cc1. The van der Waals surface area contributed by atoms with Crippen LogP contribution < -0.4 is 29.6 Å². The molecule has 0 fully saturated rings. The van der Waals surface area contributed by atoms with E-state index in [0.29, 0.717) is 86.0 Å². The van der Waals surface area contributed by atoms with Crippen molar-refractivity contribution in [2.45, 2.75) is 53.4 Å². The first kappa shape index (κ1) is 54.2. The molecule has 4 rings (SSSR count). The van der Waals surface area contributed by atoms with Gasteiger partial charge in [-0.25, -0.2) is 0 Å². The van der Waals surface area contributed by atoms with Gasteiger partial charge in [-0.2, -0.15) is 0 Å². The lowest BCUT2D eigenvalue weighted by Crippen LogP contribution is -2.36. The lowest BCUT2D eigenvalue weighted by atomic mass is 10.2. The van der Waals surface area contributed by atoms with E-state index < -0.39 is 23.9 Å². The van der Waals surface area contributed by atoms with E-state index in [0.717, 1.165) is 11.1 Å². The highest BCUT2D eigenvalue weighted by atomic mass is 16.5. The number of esters is 4. The number of carbonyl (C=O) groups excluding carboxylic acids is 8. The number of hydrogen-bond acceptors (Lipinski definition) is 12. The van der Waals surface area contributed by atoms with Crippen molar-refractivity contribution in [2.24, 2.45) is 0 Å². The molecule has 0 heterocycles. The second-order valence-electron chi connectivity index (χ2n) is 15.6. The molecule has 0 aromatic heterocycles. The maximum absolute atomic E-state index is 13.6. The van der Waals surface area contributed by atoms with E-state index in [1.807, 2.05) is 0 Å². The average Bonchev–Trinajstić information content (AvgIpc) is 3.32. The molecule has 0 aliphatic heterocycles. The lowest BCUT2D eigenvalue weighted by Gasteiger charge is -2.24. The quantitative estimate of drug-likeness (QED) is 0.0299. The zero-order valence-corrected chi connectivity index (χ0v) is 39.7. The van der Waals surface area contributed by atoms with Crippen LogP contribution in [0.5, 0.6) is 23.0 Å². The third-order valence-electron chi connectivity index (χ3n) is 9.80. The Labute approximate surface area is 407 Å². The van der Waals surface area contributed by atoms with Crippen LogP contribution in [0.25, 0.3) is 24.3 Å². The minimum atomic E-state index is -0.446. The number of hydrogen-bond donors (Lipinski definition) is 2. The van der Waals surface area contributed by atoms with Crippen LogP contribution in [0, 0.1) is 0 Å². The number of carbonyl (C=O) groups is 8. The number of nitrogens with one attached hydrogen (secondary N) is 2. The van der Waals surface area contributed by atoms with Crippen molar-refractivity contribution in [3.05, 3.63) is 144 Å². The molecule has 0 atom stereocenters. The highest BCUT2D eigenvalue weighted by molar-refractivity contribution is 5.93. The molecule has 16 nitrogen and oxygen atoms in total. The van der Waals surface area contributed by atoms with E-state index >= 15 is 0 Å². The number of amides is 4. The predicted molar refractivity (Wildman–Crippen MR) is 265 cm³/mol. The van der Waals surface area contributed by atoms with E-state index in [-0.39, 0.29) is 36.7 Å². The Balaban J connectivity index is 1.37. The zero-order chi connectivity index (χ0) is 50.7. The minimum Gasteiger partial charge on any atom is -0.427 e. The Kier molecular flexibility index (Phi) is 22.7. The first-order valence-electron chi connectivity index (χ1n) is 22.6. The van der Waals surface area contributed by atoms with Gasteiger partial charge in [0.25, 0.3) is 0 Å². The summed E-state index contributed by atoms with van der Waals surface area (Å²) in [5.74, 6) is -1.36. The number of nitrogens with zero attached hydrogens (tertiary/aromatic N) is 2. The normalized spacial score (nSPS) is 11.1. The molecule has 0 aliphatic rings. The van der Waals surface area contributed by atoms with Gasteiger partial charge in [-0.05, 0) is 121 Å². The van der Waals surface area contributed by atoms with Gasteiger partial charge in [-0.15, -0.1) is 0 Å². The second-order valence-corrected chi connectivity index (χ2v) is 15.6. The summed E-state index contributed by atoms with van der Waals surface area (Å²) in [6.45, 7) is 7.18. The van der Waals surface area contributed by atoms with E-state index in [9.17, 15) is 38.4 Å². The van der Waals surface area contributed by atoms with Crippen molar-refractivity contribution < 1.29 is 57.3 Å². The molecular formula is C54H58N4O12. The summed E-state index contributed by atoms with van der Waals surface area (Å²) in [6.07, 6.45) is 14.3. The molecular weight excluding hydrogens is 897 g/mol. The first-order chi connectivity index (χ1) is 33.6. The van der Waals surface area contributed by atoms with Crippen LogP contribution in [-0.4, -0.2) is 96.6 Å². The van der Waals surface area contributed by atoms with Gasteiger partial charge < -0.3 is 39.4 Å². The van der Waals surface area contributed by atoms with Gasteiger partial charge in [0.15, 0.2) is 0 Å². The summed E-state index contributed by atoms with van der Waals surface area (Å²) in [5, 5.41) is 5.68. The van der Waals surface area contributed by atoms with Crippen LogP contribution in [-0.2, 0) is 38.4 Å². The molecule has 70 heavy (non-hydrogen) atoms. The maximum Gasteiger partial charge on any atom is 0.308 e. The van der Waals surface area contributed by atoms with Crippen molar-refractivity contribution in [3.8, 4) is 23.0 Å². The second kappa shape index (κ2) is 29.4. The smallest absolute Gasteiger partial charge is 0.308 e. The third-order valence-corrected chi connectivity index (χ3v) is 9.80. The zero-order valence-electron chi connectivity index (χ0n) is 39.7. The average molecular weight is 955 g/mol. The summed E-state index contributed by atoms with van der Waals surface area (Å²) >= 11 is 0. The van der Waals surface area contributed by atoms with Crippen LogP contribution in [0.4, 0.5) is 0 Å². The summed E-state index contributed by atoms with van der Waals surface area (Å²) in [5.41, 5.74) is 2.90. The number of ether oxygens (including phenoxy) is 4. The van der Waals surface area contributed by atoms with Crippen LogP contribution in [0.15, 0.2) is 121 Å². The molecule has 0 saturated heterocycles. The van der Waals surface area contributed by atoms with E-state index in [1.54, 1.807) is 131 Å². The predicted octanol–water partition coefficient (Wildman–Crippen LogP) is 6.99. The minimum absolute atomic E-state index is 0.258. The number of rotatable bonds is 25. The van der Waals surface area contributed by atoms with Crippen molar-refractivity contribution in [3.63, 3.8) is 0 Å². The van der Waals surface area contributed by atoms with Gasteiger partial charge in [0, 0.05) is 91.3 Å². The summed E-state index contributed by atoms with van der Waals surface area (Å²) in [7, 11) is 0. The highest BCUT2D eigenvalue weighted by Crippen LogP contribution is 2.17. The standard InChI is InChI=1S/C54H58N4O12/c1-39(59)67-47-21-9-43(10-22-47)17-29-51(63)55-33-7-37-57(53(65)31-19-45-13-25-49(26-14-45)69-41(3)61)35-5-6-36-58(54(66)32-20-46-15-27-50(28-16-46)70-42(4)62)38-8-34-56-52(64)30-18-44-11-23-48(24-12-44)68-40(2)60/h9-32H,5-8,33-38H2,1-4H3,(H,55,63)(H,56,64). The monoisotopic (exact) mass is 954 g/mol. The van der Waals surface area contributed by atoms with Crippen molar-refractivity contribution in [2.75, 3.05) is 39.3 Å². The molecule has 4 aromatic rings. The van der Waals surface area contributed by atoms with E-state index in [2.05, 4.69) is 10.6 Å². The molecule has 16 heteroatoms. The molecule has 4 aromatic carbocycles. The molecule has 0 unspecified atom stereocenters. The fourth-order valence-electron chi connectivity index (χ4n) is 6.49. The van der Waals surface area contributed by atoms with E-state index in [1.165, 1.54) is 52.0 Å². The van der Waals surface area contributed by atoms with Crippen LogP contribution >= 0.6 is 0 Å². The lowest BCUT2D eigenvalue weighted by molar-refractivity contribution is -0.132. The Hall–Kier alpha value is -8.40. The Morgan fingerprint density at radius 2 is 0.614 bits per heavy atom. The van der Waals surface area contributed by atoms with Crippen molar-refractivity contribution in [1.29, 1.82) is 0 Å². The van der Waals surface area contributed by atoms with Gasteiger partial charge in [0.05, 0.1) is 0 Å². The van der Waals surface area contributed by atoms with Gasteiger partial charge in [-0.3, -0.25) is 38.4 Å². The molecule has 0 spiro atoms. The van der Waals surface area contributed by atoms with Crippen molar-refractivity contribution in [1.82, 2.24) is 20.4 Å². The molecule has 4 amide bonds. The summed E-state index contributed by atoms with van der Waals surface area (Å²) in [4.78, 5) is 101. The fourth-order valence-corrected chi connectivity index (χ4v) is 6.49. The first-order valence-corrected chi connectivity index (χ1v) is 22.6. The maximum atomic E-state index is 13.6. The van der Waals surface area contributed by atoms with Crippen LogP contribution in [0.1, 0.15) is 75.6 Å². The van der Waals surface area contributed by atoms with Gasteiger partial charge >= 0.3 is 23.9 Å². The topological polar surface area (TPSA) is 204 Å². The summed E-state index contributed by atoms with van der Waals surface area (Å²) in [6, 6.07) is 26.8. The third kappa shape index (κ3) is 21.9. The molecule has 0 aliphatic carbocycles. The largest absolute Gasteiger partial charge is 0.427 e. The Morgan fingerprint density at radius 1 is 0.371 bits per heavy atom. The van der Waals surface area contributed by atoms with Gasteiger partial charge in [0.2, 0.25) is 23.6 Å². The van der Waals surface area contributed by atoms with Gasteiger partial charge in [-0.1, -0.05) is 48.5 Å². The summed E-state index contributed by atoms with van der Waals surface area (Å²) < 4.78 is 20.3. The highest BCUT2D eigenvalue weighted by Gasteiger charge is 2.14. The number of benzene rings is 4. The van der Waals surface area contributed by atoms with E-state index in [4.69, 9.17) is 18.9 Å². The van der Waals surface area contributed by atoms with Crippen molar-refractivity contribution >= 4 is 71.8 Å². The van der Waals surface area contributed by atoms with Crippen LogP contribution in [0.2, 0.25) is 0 Å². The molecule has 0 radical (unpaired) electrons. The molecule has 0 bridgehead atoms. The molecule has 2 N–H and O–H groups in total.